The number of nitrogens with zero attached hydrogens (tertiary/aromatic N) is 1. The maximum absolute atomic E-state index is 12.7. The molecule has 0 amide bonds. The molecular formula is C10H19F3N2. The van der Waals surface area contributed by atoms with Gasteiger partial charge in [-0.2, -0.15) is 13.2 Å². The van der Waals surface area contributed by atoms with Gasteiger partial charge in [-0.15, -0.1) is 0 Å². The van der Waals surface area contributed by atoms with E-state index in [0.717, 1.165) is 12.8 Å². The molecule has 1 atom stereocenters. The van der Waals surface area contributed by atoms with E-state index < -0.39 is 12.2 Å². The number of hydrogen-bond donors (Lipinski definition) is 1. The summed E-state index contributed by atoms with van der Waals surface area (Å²) in [5, 5.41) is 0. The number of rotatable bonds is 6. The van der Waals surface area contributed by atoms with Crippen molar-refractivity contribution in [1.82, 2.24) is 4.90 Å². The number of hydrogen-bond acceptors (Lipinski definition) is 2. The van der Waals surface area contributed by atoms with Crippen molar-refractivity contribution in [2.75, 3.05) is 19.6 Å². The van der Waals surface area contributed by atoms with Crippen LogP contribution >= 0.6 is 0 Å². The second-order valence-corrected chi connectivity index (χ2v) is 4.17. The monoisotopic (exact) mass is 224 g/mol. The zero-order chi connectivity index (χ0) is 11.5. The fourth-order valence-electron chi connectivity index (χ4n) is 1.82. The number of nitrogens with two attached hydrogens (primary N) is 1. The summed E-state index contributed by atoms with van der Waals surface area (Å²) in [6.07, 6.45) is -2.00. The van der Waals surface area contributed by atoms with Crippen LogP contribution in [0.4, 0.5) is 13.2 Å². The Labute approximate surface area is 88.6 Å². The fourth-order valence-corrected chi connectivity index (χ4v) is 1.82. The van der Waals surface area contributed by atoms with E-state index >= 15 is 0 Å². The van der Waals surface area contributed by atoms with Crippen LogP contribution in [0.15, 0.2) is 0 Å². The first kappa shape index (κ1) is 12.8. The van der Waals surface area contributed by atoms with Gasteiger partial charge in [0.05, 0.1) is 0 Å². The molecule has 0 aliphatic heterocycles. The zero-order valence-electron chi connectivity index (χ0n) is 9.06. The molecule has 0 heterocycles. The average Bonchev–Trinajstić information content (AvgIpc) is 2.93. The van der Waals surface area contributed by atoms with Crippen molar-refractivity contribution < 1.29 is 13.2 Å². The van der Waals surface area contributed by atoms with Gasteiger partial charge < -0.3 is 5.73 Å². The van der Waals surface area contributed by atoms with Gasteiger partial charge in [-0.3, -0.25) is 4.90 Å². The zero-order valence-corrected chi connectivity index (χ0v) is 9.06. The maximum atomic E-state index is 12.7. The van der Waals surface area contributed by atoms with Crippen molar-refractivity contribution in [3.05, 3.63) is 0 Å². The van der Waals surface area contributed by atoms with Crippen LogP contribution in [0.3, 0.4) is 0 Å². The summed E-state index contributed by atoms with van der Waals surface area (Å²) >= 11 is 0. The van der Waals surface area contributed by atoms with Crippen LogP contribution in [0.25, 0.3) is 0 Å². The lowest BCUT2D eigenvalue weighted by atomic mass is 10.1. The van der Waals surface area contributed by atoms with E-state index in [9.17, 15) is 13.2 Å². The van der Waals surface area contributed by atoms with Crippen molar-refractivity contribution in [2.45, 2.75) is 38.4 Å². The Bertz CT molecular complexity index is 190. The van der Waals surface area contributed by atoms with Crippen molar-refractivity contribution in [2.24, 2.45) is 11.7 Å². The molecule has 0 radical (unpaired) electrons. The first-order valence-corrected chi connectivity index (χ1v) is 5.49. The summed E-state index contributed by atoms with van der Waals surface area (Å²) in [5.74, 6) is 0.479. The lowest BCUT2D eigenvalue weighted by molar-refractivity contribution is -0.185. The molecule has 2 N–H and O–H groups in total. The number of halogens is 3. The first-order valence-electron chi connectivity index (χ1n) is 5.49. The fraction of sp³-hybridized carbons (Fsp3) is 1.00. The third kappa shape index (κ3) is 3.99. The van der Waals surface area contributed by atoms with E-state index in [1.807, 2.05) is 0 Å². The van der Waals surface area contributed by atoms with Crippen molar-refractivity contribution in [3.8, 4) is 0 Å². The van der Waals surface area contributed by atoms with Gasteiger partial charge in [0.15, 0.2) is 0 Å². The van der Waals surface area contributed by atoms with Crippen LogP contribution in [0.2, 0.25) is 0 Å². The highest BCUT2D eigenvalue weighted by atomic mass is 19.4. The Kier molecular flexibility index (Phi) is 4.40. The predicted octanol–water partition coefficient (Wildman–Crippen LogP) is 2.00. The van der Waals surface area contributed by atoms with E-state index in [1.165, 1.54) is 4.90 Å². The molecule has 0 saturated heterocycles. The van der Waals surface area contributed by atoms with E-state index in [4.69, 9.17) is 5.73 Å². The van der Waals surface area contributed by atoms with Crippen LogP contribution in [-0.2, 0) is 0 Å². The van der Waals surface area contributed by atoms with Gasteiger partial charge >= 0.3 is 6.18 Å². The molecule has 0 bridgehead atoms. The third-order valence-electron chi connectivity index (χ3n) is 2.85. The molecule has 2 nitrogen and oxygen atoms in total. The molecule has 0 spiro atoms. The summed E-state index contributed by atoms with van der Waals surface area (Å²) < 4.78 is 38.2. The Hall–Kier alpha value is -0.290. The average molecular weight is 224 g/mol. The molecule has 0 aromatic heterocycles. The lowest BCUT2D eigenvalue weighted by Gasteiger charge is -2.32. The van der Waals surface area contributed by atoms with E-state index in [2.05, 4.69) is 0 Å². The largest absolute Gasteiger partial charge is 0.404 e. The smallest absolute Gasteiger partial charge is 0.330 e. The van der Waals surface area contributed by atoms with Gasteiger partial charge in [0.25, 0.3) is 0 Å². The third-order valence-corrected chi connectivity index (χ3v) is 2.85. The van der Waals surface area contributed by atoms with E-state index in [0.29, 0.717) is 19.0 Å². The van der Waals surface area contributed by atoms with Gasteiger partial charge in [-0.25, -0.2) is 0 Å². The van der Waals surface area contributed by atoms with E-state index in [1.54, 1.807) is 6.92 Å². The second-order valence-electron chi connectivity index (χ2n) is 4.17. The Morgan fingerprint density at radius 2 is 2.00 bits per heavy atom. The standard InChI is InChI=1S/C10H19F3N2/c1-2-15(7-8-3-4-8)9(5-6-14)10(11,12)13/h8-9H,2-7,14H2,1H3. The molecule has 1 fully saturated rings. The Morgan fingerprint density at radius 3 is 2.33 bits per heavy atom. The predicted molar refractivity (Wildman–Crippen MR) is 53.5 cm³/mol. The molecule has 1 aliphatic carbocycles. The quantitative estimate of drug-likeness (QED) is 0.747. The molecule has 0 aromatic rings. The normalized spacial score (nSPS) is 19.6. The van der Waals surface area contributed by atoms with Gasteiger partial charge in [0.1, 0.15) is 6.04 Å². The minimum Gasteiger partial charge on any atom is -0.330 e. The van der Waals surface area contributed by atoms with Gasteiger partial charge in [0.2, 0.25) is 0 Å². The minimum atomic E-state index is -4.15. The van der Waals surface area contributed by atoms with Crippen LogP contribution in [0, 0.1) is 5.92 Å². The van der Waals surface area contributed by atoms with Crippen molar-refractivity contribution in [3.63, 3.8) is 0 Å². The molecule has 5 heteroatoms. The van der Waals surface area contributed by atoms with Crippen LogP contribution in [0.1, 0.15) is 26.2 Å². The molecule has 1 saturated carbocycles. The highest BCUT2D eigenvalue weighted by Gasteiger charge is 2.43. The van der Waals surface area contributed by atoms with Gasteiger partial charge in [-0.05, 0) is 38.3 Å². The summed E-state index contributed by atoms with van der Waals surface area (Å²) in [7, 11) is 0. The SMILES string of the molecule is CCN(CC1CC1)C(CCN)C(F)(F)F. The van der Waals surface area contributed by atoms with Crippen LogP contribution < -0.4 is 5.73 Å². The van der Waals surface area contributed by atoms with Gasteiger partial charge in [-0.1, -0.05) is 6.92 Å². The number of alkyl halides is 3. The molecule has 15 heavy (non-hydrogen) atoms. The van der Waals surface area contributed by atoms with Crippen LogP contribution in [-0.4, -0.2) is 36.8 Å². The first-order chi connectivity index (χ1) is 6.99. The highest BCUT2D eigenvalue weighted by molar-refractivity contribution is 4.84. The van der Waals surface area contributed by atoms with Gasteiger partial charge in [0, 0.05) is 6.54 Å². The van der Waals surface area contributed by atoms with E-state index in [-0.39, 0.29) is 13.0 Å². The lowest BCUT2D eigenvalue weighted by Crippen LogP contribution is -2.47. The summed E-state index contributed by atoms with van der Waals surface area (Å²) in [6, 6.07) is -1.35. The molecule has 1 unspecified atom stereocenters. The molecule has 1 aliphatic rings. The second kappa shape index (κ2) is 5.16. The van der Waals surface area contributed by atoms with Crippen molar-refractivity contribution in [1.29, 1.82) is 0 Å². The molecule has 1 rings (SSSR count). The minimum absolute atomic E-state index is 0.00403. The Balaban J connectivity index is 2.56. The summed E-state index contributed by atoms with van der Waals surface area (Å²) in [6.45, 7) is 2.88. The summed E-state index contributed by atoms with van der Waals surface area (Å²) in [5.41, 5.74) is 5.24. The van der Waals surface area contributed by atoms with Crippen molar-refractivity contribution >= 4 is 0 Å². The molecule has 90 valence electrons. The Morgan fingerprint density at radius 1 is 1.40 bits per heavy atom. The molecule has 0 aromatic carbocycles. The highest BCUT2D eigenvalue weighted by Crippen LogP contribution is 2.33. The maximum Gasteiger partial charge on any atom is 0.404 e. The van der Waals surface area contributed by atoms with Crippen LogP contribution in [0.5, 0.6) is 0 Å². The molecular weight excluding hydrogens is 205 g/mol. The topological polar surface area (TPSA) is 29.3 Å². The summed E-state index contributed by atoms with van der Waals surface area (Å²) in [4.78, 5) is 1.52.